The largest absolute Gasteiger partial charge is 0.394 e. The summed E-state index contributed by atoms with van der Waals surface area (Å²) in [7, 11) is 0. The highest BCUT2D eigenvalue weighted by Gasteiger charge is 2.39. The molecule has 3 N–H and O–H groups in total. The Morgan fingerprint density at radius 3 is 2.31 bits per heavy atom. The quantitative estimate of drug-likeness (QED) is 0.352. The number of aliphatic hydroxyl groups excluding tert-OH is 2. The third-order valence-corrected chi connectivity index (χ3v) is 6.49. The van der Waals surface area contributed by atoms with E-state index in [0.717, 1.165) is 5.56 Å². The van der Waals surface area contributed by atoms with Gasteiger partial charge in [-0.1, -0.05) is 74.3 Å². The summed E-state index contributed by atoms with van der Waals surface area (Å²) in [6.07, 6.45) is 1.61. The normalized spacial score (nSPS) is 16.1. The zero-order valence-corrected chi connectivity index (χ0v) is 20.4. The van der Waals surface area contributed by atoms with Crippen LogP contribution in [0, 0.1) is 11.3 Å². The molecule has 0 saturated heterocycles. The Hall–Kier alpha value is -1.85. The van der Waals surface area contributed by atoms with Crippen molar-refractivity contribution in [2.24, 2.45) is 11.3 Å². The first-order chi connectivity index (χ1) is 15.1. The summed E-state index contributed by atoms with van der Waals surface area (Å²) in [6.45, 7) is 9.47. The van der Waals surface area contributed by atoms with Gasteiger partial charge in [0.1, 0.15) is 0 Å². The lowest BCUT2D eigenvalue weighted by molar-refractivity contribution is -0.132. The van der Waals surface area contributed by atoms with Gasteiger partial charge in [0.15, 0.2) is 0 Å². The van der Waals surface area contributed by atoms with Gasteiger partial charge in [-0.05, 0) is 54.2 Å². The fraction of sp³-hybridized carbons (Fsp3) is 0.423. The number of hydrogen-bond donors (Lipinski definition) is 3. The molecule has 0 radical (unpaired) electrons. The van der Waals surface area contributed by atoms with Crippen LogP contribution in [0.15, 0.2) is 61.2 Å². The maximum atomic E-state index is 13.4. The smallest absolute Gasteiger partial charge is 0.226 e. The molecule has 174 valence electrons. The molecular formula is C26H33Cl2NO3. The van der Waals surface area contributed by atoms with Crippen molar-refractivity contribution in [2.75, 3.05) is 6.61 Å². The zero-order chi connectivity index (χ0) is 23.9. The fourth-order valence-corrected chi connectivity index (χ4v) is 4.20. The van der Waals surface area contributed by atoms with Gasteiger partial charge in [0.25, 0.3) is 0 Å². The van der Waals surface area contributed by atoms with E-state index in [1.54, 1.807) is 36.4 Å². The molecule has 2 aromatic carbocycles. The zero-order valence-electron chi connectivity index (χ0n) is 18.9. The predicted octanol–water partition coefficient (Wildman–Crippen LogP) is 5.92. The second-order valence-electron chi connectivity index (χ2n) is 8.92. The molecule has 0 bridgehead atoms. The SMILES string of the molecule is C=CC[C@@](C)(CC(c1cccc(Cl)c1)[C@@H](O)c1ccc(Cl)cc1)C(=O)NC(CO)C(C)C. The van der Waals surface area contributed by atoms with Crippen molar-refractivity contribution in [2.45, 2.75) is 51.7 Å². The van der Waals surface area contributed by atoms with Crippen LogP contribution in [-0.4, -0.2) is 28.8 Å². The van der Waals surface area contributed by atoms with E-state index in [4.69, 9.17) is 23.2 Å². The summed E-state index contributed by atoms with van der Waals surface area (Å²) in [5.41, 5.74) is 0.687. The van der Waals surface area contributed by atoms with Crippen molar-refractivity contribution >= 4 is 29.1 Å². The number of amides is 1. The Labute approximate surface area is 201 Å². The molecule has 2 rings (SSSR count). The summed E-state index contributed by atoms with van der Waals surface area (Å²) < 4.78 is 0. The summed E-state index contributed by atoms with van der Waals surface area (Å²) in [5, 5.41) is 25.2. The van der Waals surface area contributed by atoms with Gasteiger partial charge in [0.2, 0.25) is 5.91 Å². The highest BCUT2D eigenvalue weighted by molar-refractivity contribution is 6.30. The van der Waals surface area contributed by atoms with Gasteiger partial charge in [0, 0.05) is 16.0 Å². The van der Waals surface area contributed by atoms with Crippen LogP contribution in [0.25, 0.3) is 0 Å². The monoisotopic (exact) mass is 477 g/mol. The van der Waals surface area contributed by atoms with Crippen LogP contribution in [0.5, 0.6) is 0 Å². The Kier molecular flexibility index (Phi) is 9.78. The molecule has 0 heterocycles. The van der Waals surface area contributed by atoms with E-state index in [0.29, 0.717) is 28.5 Å². The average Bonchev–Trinajstić information content (AvgIpc) is 2.75. The highest BCUT2D eigenvalue weighted by Crippen LogP contribution is 2.43. The summed E-state index contributed by atoms with van der Waals surface area (Å²) in [4.78, 5) is 13.4. The minimum atomic E-state index is -0.874. The minimum absolute atomic E-state index is 0.0836. The lowest BCUT2D eigenvalue weighted by Crippen LogP contribution is -2.48. The molecule has 32 heavy (non-hydrogen) atoms. The molecule has 4 nitrogen and oxygen atoms in total. The molecule has 0 saturated carbocycles. The van der Waals surface area contributed by atoms with Crippen LogP contribution in [0.3, 0.4) is 0 Å². The predicted molar refractivity (Wildman–Crippen MR) is 132 cm³/mol. The second kappa shape index (κ2) is 11.9. The molecule has 0 aromatic heterocycles. The molecule has 6 heteroatoms. The first-order valence-electron chi connectivity index (χ1n) is 10.8. The van der Waals surface area contributed by atoms with Crippen molar-refractivity contribution in [1.82, 2.24) is 5.32 Å². The molecule has 0 aliphatic carbocycles. The van der Waals surface area contributed by atoms with Crippen molar-refractivity contribution in [3.8, 4) is 0 Å². The number of halogens is 2. The van der Waals surface area contributed by atoms with Crippen molar-refractivity contribution in [1.29, 1.82) is 0 Å². The summed E-state index contributed by atoms with van der Waals surface area (Å²) in [6, 6.07) is 14.0. The van der Waals surface area contributed by atoms with Crippen LogP contribution < -0.4 is 5.32 Å². The van der Waals surface area contributed by atoms with Crippen LogP contribution in [0.2, 0.25) is 10.0 Å². The maximum absolute atomic E-state index is 13.4. The topological polar surface area (TPSA) is 69.6 Å². The molecule has 2 aromatic rings. The van der Waals surface area contributed by atoms with E-state index in [9.17, 15) is 15.0 Å². The van der Waals surface area contributed by atoms with Gasteiger partial charge in [0.05, 0.1) is 24.2 Å². The fourth-order valence-electron chi connectivity index (χ4n) is 3.88. The number of carbonyl (C=O) groups is 1. The number of nitrogens with one attached hydrogen (secondary N) is 1. The van der Waals surface area contributed by atoms with Gasteiger partial charge in [-0.15, -0.1) is 6.58 Å². The third kappa shape index (κ3) is 6.82. The van der Waals surface area contributed by atoms with E-state index in [1.807, 2.05) is 39.0 Å². The van der Waals surface area contributed by atoms with Crippen LogP contribution in [0.4, 0.5) is 0 Å². The first kappa shape index (κ1) is 26.4. The minimum Gasteiger partial charge on any atom is -0.394 e. The molecule has 0 aliphatic heterocycles. The molecular weight excluding hydrogens is 445 g/mol. The maximum Gasteiger partial charge on any atom is 0.226 e. The molecule has 0 spiro atoms. The number of aliphatic hydroxyl groups is 2. The van der Waals surface area contributed by atoms with Crippen molar-refractivity contribution < 1.29 is 15.0 Å². The number of hydrogen-bond acceptors (Lipinski definition) is 3. The van der Waals surface area contributed by atoms with Gasteiger partial charge in [-0.25, -0.2) is 0 Å². The van der Waals surface area contributed by atoms with Crippen LogP contribution in [0.1, 0.15) is 56.8 Å². The molecule has 0 fully saturated rings. The lowest BCUT2D eigenvalue weighted by Gasteiger charge is -2.35. The van der Waals surface area contributed by atoms with Gasteiger partial charge in [-0.3, -0.25) is 4.79 Å². The Balaban J connectivity index is 2.44. The van der Waals surface area contributed by atoms with E-state index in [2.05, 4.69) is 11.9 Å². The molecule has 0 aliphatic rings. The van der Waals surface area contributed by atoms with E-state index in [-0.39, 0.29) is 24.5 Å². The van der Waals surface area contributed by atoms with Crippen molar-refractivity contribution in [3.63, 3.8) is 0 Å². The summed E-state index contributed by atoms with van der Waals surface area (Å²) in [5.74, 6) is -0.502. The van der Waals surface area contributed by atoms with Gasteiger partial charge >= 0.3 is 0 Å². The number of allylic oxidation sites excluding steroid dienone is 1. The number of carbonyl (C=O) groups excluding carboxylic acids is 1. The number of rotatable bonds is 11. The van der Waals surface area contributed by atoms with E-state index >= 15 is 0 Å². The molecule has 1 amide bonds. The van der Waals surface area contributed by atoms with E-state index in [1.165, 1.54) is 0 Å². The Morgan fingerprint density at radius 1 is 1.12 bits per heavy atom. The molecule has 2 unspecified atom stereocenters. The lowest BCUT2D eigenvalue weighted by atomic mass is 9.72. The van der Waals surface area contributed by atoms with Gasteiger partial charge in [-0.2, -0.15) is 0 Å². The standard InChI is InChI=1S/C26H33Cl2NO3/c1-5-13-26(4,25(32)29-23(16-30)17(2)3)15-22(19-7-6-8-21(28)14-19)24(31)18-9-11-20(27)12-10-18/h5-12,14,17,22-24,30-31H,1,13,15-16H2,2-4H3,(H,29,32)/t22?,23?,24-,26-/m0/s1. The average molecular weight is 478 g/mol. The first-order valence-corrected chi connectivity index (χ1v) is 11.6. The highest BCUT2D eigenvalue weighted by atomic mass is 35.5. The third-order valence-electron chi connectivity index (χ3n) is 6.00. The van der Waals surface area contributed by atoms with Crippen molar-refractivity contribution in [3.05, 3.63) is 82.4 Å². The van der Waals surface area contributed by atoms with Gasteiger partial charge < -0.3 is 15.5 Å². The Bertz CT molecular complexity index is 900. The second-order valence-corrected chi connectivity index (χ2v) is 9.79. The number of benzene rings is 2. The van der Waals surface area contributed by atoms with Crippen LogP contribution in [-0.2, 0) is 4.79 Å². The van der Waals surface area contributed by atoms with E-state index < -0.39 is 17.4 Å². The molecule has 4 atom stereocenters. The Morgan fingerprint density at radius 2 is 1.78 bits per heavy atom. The summed E-state index contributed by atoms with van der Waals surface area (Å²) >= 11 is 12.3. The van der Waals surface area contributed by atoms with Crippen LogP contribution >= 0.6 is 23.2 Å².